The molecular formula is C16H14Br2Cl2N2O3. The molecule has 4 atom stereocenters. The monoisotopic (exact) mass is 510 g/mol. The number of carbonyl (C=O) groups excluding carboxylic acids is 3. The Labute approximate surface area is 171 Å². The lowest BCUT2D eigenvalue weighted by molar-refractivity contribution is -0.142. The van der Waals surface area contributed by atoms with Crippen LogP contribution in [0.15, 0.2) is 18.2 Å². The first-order valence-electron chi connectivity index (χ1n) is 7.66. The zero-order valence-corrected chi connectivity index (χ0v) is 17.5. The first kappa shape index (κ1) is 19.1. The SMILES string of the molecule is O=C(CN1C(=O)[C@@H]2C[C@@H](Br)[C@@H](Br)C[C@H]2C1=O)Nc1cc(Cl)ccc1Cl. The predicted octanol–water partition coefficient (Wildman–Crippen LogP) is 3.85. The van der Waals surface area contributed by atoms with E-state index in [4.69, 9.17) is 23.2 Å². The fourth-order valence-corrected chi connectivity index (χ4v) is 4.82. The van der Waals surface area contributed by atoms with Crippen LogP contribution in [0.1, 0.15) is 12.8 Å². The second kappa shape index (κ2) is 7.55. The standard InChI is InChI=1S/C16H14Br2Cl2N2O3/c17-10-4-8-9(5-11(10)18)16(25)22(15(8)24)6-14(23)21-13-3-7(19)1-2-12(13)20/h1-3,8-11H,4-6H2,(H,21,23)/t8-,9-,10-,11+/m1/s1. The summed E-state index contributed by atoms with van der Waals surface area (Å²) in [5.74, 6) is -1.80. The molecule has 9 heteroatoms. The molecule has 25 heavy (non-hydrogen) atoms. The molecule has 1 aromatic rings. The van der Waals surface area contributed by atoms with Gasteiger partial charge in [0.1, 0.15) is 6.54 Å². The summed E-state index contributed by atoms with van der Waals surface area (Å²) in [6.07, 6.45) is 1.15. The van der Waals surface area contributed by atoms with Crippen LogP contribution in [0.5, 0.6) is 0 Å². The van der Waals surface area contributed by atoms with Gasteiger partial charge in [-0.3, -0.25) is 19.3 Å². The molecular weight excluding hydrogens is 499 g/mol. The number of nitrogens with one attached hydrogen (secondary N) is 1. The van der Waals surface area contributed by atoms with Crippen LogP contribution in [0.4, 0.5) is 5.69 Å². The summed E-state index contributed by atoms with van der Waals surface area (Å²) < 4.78 is 0. The second-order valence-corrected chi connectivity index (χ2v) is 9.35. The largest absolute Gasteiger partial charge is 0.323 e. The maximum absolute atomic E-state index is 12.6. The Bertz CT molecular complexity index is 718. The van der Waals surface area contributed by atoms with E-state index in [2.05, 4.69) is 37.2 Å². The van der Waals surface area contributed by atoms with Gasteiger partial charge in [0.15, 0.2) is 0 Å². The topological polar surface area (TPSA) is 66.5 Å². The maximum Gasteiger partial charge on any atom is 0.244 e. The highest BCUT2D eigenvalue weighted by Gasteiger charge is 2.52. The van der Waals surface area contributed by atoms with Crippen molar-refractivity contribution in [1.82, 2.24) is 4.90 Å². The van der Waals surface area contributed by atoms with Crippen molar-refractivity contribution in [2.75, 3.05) is 11.9 Å². The molecule has 0 unspecified atom stereocenters. The third kappa shape index (κ3) is 3.89. The highest BCUT2D eigenvalue weighted by atomic mass is 79.9. The number of fused-ring (bicyclic) bond motifs is 1. The van der Waals surface area contributed by atoms with Gasteiger partial charge in [0.2, 0.25) is 17.7 Å². The van der Waals surface area contributed by atoms with Gasteiger partial charge in [-0.1, -0.05) is 55.1 Å². The lowest BCUT2D eigenvalue weighted by Gasteiger charge is -2.29. The molecule has 2 fully saturated rings. The van der Waals surface area contributed by atoms with Gasteiger partial charge in [-0.05, 0) is 31.0 Å². The van der Waals surface area contributed by atoms with Crippen molar-refractivity contribution in [2.24, 2.45) is 11.8 Å². The number of halogens is 4. The van der Waals surface area contributed by atoms with Gasteiger partial charge in [-0.25, -0.2) is 0 Å². The van der Waals surface area contributed by atoms with E-state index in [-0.39, 0.29) is 39.8 Å². The zero-order valence-electron chi connectivity index (χ0n) is 12.8. The quantitative estimate of drug-likeness (QED) is 0.494. The smallest absolute Gasteiger partial charge is 0.244 e. The van der Waals surface area contributed by atoms with Crippen molar-refractivity contribution >= 4 is 78.5 Å². The van der Waals surface area contributed by atoms with Gasteiger partial charge in [-0.15, -0.1) is 0 Å². The fourth-order valence-electron chi connectivity index (χ4n) is 3.25. The van der Waals surface area contributed by atoms with Crippen molar-refractivity contribution in [3.05, 3.63) is 28.2 Å². The highest BCUT2D eigenvalue weighted by Crippen LogP contribution is 2.43. The minimum Gasteiger partial charge on any atom is -0.323 e. The molecule has 2 aliphatic rings. The Hall–Kier alpha value is -0.630. The average molecular weight is 513 g/mol. The van der Waals surface area contributed by atoms with Gasteiger partial charge in [0, 0.05) is 14.7 Å². The van der Waals surface area contributed by atoms with E-state index in [1.807, 2.05) is 0 Å². The van der Waals surface area contributed by atoms with E-state index >= 15 is 0 Å². The highest BCUT2D eigenvalue weighted by molar-refractivity contribution is 9.12. The Kier molecular flexibility index (Phi) is 5.78. The molecule has 5 nitrogen and oxygen atoms in total. The zero-order chi connectivity index (χ0) is 18.3. The number of amides is 3. The normalized spacial score (nSPS) is 28.9. The number of hydrogen-bond acceptors (Lipinski definition) is 3. The first-order chi connectivity index (χ1) is 11.8. The second-order valence-electron chi connectivity index (χ2n) is 6.15. The van der Waals surface area contributed by atoms with Crippen molar-refractivity contribution < 1.29 is 14.4 Å². The number of anilines is 1. The minimum atomic E-state index is -0.490. The van der Waals surface area contributed by atoms with Crippen molar-refractivity contribution in [2.45, 2.75) is 22.5 Å². The molecule has 134 valence electrons. The molecule has 0 bridgehead atoms. The number of alkyl halides is 2. The molecule has 0 spiro atoms. The van der Waals surface area contributed by atoms with Crippen LogP contribution in [0.2, 0.25) is 10.0 Å². The number of likely N-dealkylation sites (tertiary alicyclic amines) is 1. The van der Waals surface area contributed by atoms with E-state index < -0.39 is 5.91 Å². The summed E-state index contributed by atoms with van der Waals surface area (Å²) in [6.45, 7) is -0.326. The lowest BCUT2D eigenvalue weighted by atomic mass is 9.81. The fraction of sp³-hybridized carbons (Fsp3) is 0.438. The predicted molar refractivity (Wildman–Crippen MR) is 103 cm³/mol. The summed E-state index contributed by atoms with van der Waals surface area (Å²) in [4.78, 5) is 38.7. The van der Waals surface area contributed by atoms with Gasteiger partial charge in [-0.2, -0.15) is 0 Å². The third-order valence-electron chi connectivity index (χ3n) is 4.51. The molecule has 3 amide bonds. The van der Waals surface area contributed by atoms with Gasteiger partial charge in [0.05, 0.1) is 22.5 Å². The number of carbonyl (C=O) groups is 3. The van der Waals surface area contributed by atoms with Crippen LogP contribution in [-0.2, 0) is 14.4 Å². The van der Waals surface area contributed by atoms with E-state index in [9.17, 15) is 14.4 Å². The van der Waals surface area contributed by atoms with Crippen LogP contribution in [0, 0.1) is 11.8 Å². The maximum atomic E-state index is 12.6. The van der Waals surface area contributed by atoms with E-state index in [0.717, 1.165) is 4.90 Å². The van der Waals surface area contributed by atoms with E-state index in [0.29, 0.717) is 28.6 Å². The Morgan fingerprint density at radius 3 is 2.24 bits per heavy atom. The average Bonchev–Trinajstić information content (AvgIpc) is 2.76. The number of imide groups is 1. The van der Waals surface area contributed by atoms with Crippen LogP contribution in [0.25, 0.3) is 0 Å². The van der Waals surface area contributed by atoms with E-state index in [1.165, 1.54) is 6.07 Å². The lowest BCUT2D eigenvalue weighted by Crippen LogP contribution is -2.38. The van der Waals surface area contributed by atoms with Crippen molar-refractivity contribution in [1.29, 1.82) is 0 Å². The Morgan fingerprint density at radius 1 is 1.12 bits per heavy atom. The number of nitrogens with zero attached hydrogens (tertiary/aromatic N) is 1. The molecule has 1 aliphatic carbocycles. The van der Waals surface area contributed by atoms with E-state index in [1.54, 1.807) is 12.1 Å². The van der Waals surface area contributed by atoms with Gasteiger partial charge in [0.25, 0.3) is 0 Å². The van der Waals surface area contributed by atoms with Crippen molar-refractivity contribution in [3.63, 3.8) is 0 Å². The van der Waals surface area contributed by atoms with Gasteiger partial charge < -0.3 is 5.32 Å². The minimum absolute atomic E-state index is 0.129. The summed E-state index contributed by atoms with van der Waals surface area (Å²) in [6, 6.07) is 4.68. The molecule has 1 saturated carbocycles. The summed E-state index contributed by atoms with van der Waals surface area (Å²) in [7, 11) is 0. The molecule has 3 rings (SSSR count). The molecule has 1 aliphatic heterocycles. The van der Waals surface area contributed by atoms with Crippen molar-refractivity contribution in [3.8, 4) is 0 Å². The van der Waals surface area contributed by atoms with Crippen LogP contribution in [-0.4, -0.2) is 38.8 Å². The number of benzene rings is 1. The first-order valence-corrected chi connectivity index (χ1v) is 10.2. The van der Waals surface area contributed by atoms with Crippen LogP contribution in [0.3, 0.4) is 0 Å². The summed E-state index contributed by atoms with van der Waals surface area (Å²) in [5, 5.41) is 3.35. The van der Waals surface area contributed by atoms with Crippen LogP contribution < -0.4 is 5.32 Å². The summed E-state index contributed by atoms with van der Waals surface area (Å²) >= 11 is 19.0. The molecule has 0 aromatic heterocycles. The third-order valence-corrected chi connectivity index (χ3v) is 7.81. The number of hydrogen-bond donors (Lipinski definition) is 1. The molecule has 1 aromatic carbocycles. The molecule has 0 radical (unpaired) electrons. The molecule has 1 saturated heterocycles. The Morgan fingerprint density at radius 2 is 1.68 bits per heavy atom. The van der Waals surface area contributed by atoms with Gasteiger partial charge >= 0.3 is 0 Å². The number of rotatable bonds is 3. The van der Waals surface area contributed by atoms with Crippen LogP contribution >= 0.6 is 55.1 Å². The Balaban J connectivity index is 1.70. The summed E-state index contributed by atoms with van der Waals surface area (Å²) in [5.41, 5.74) is 0.344. The molecule has 1 N–H and O–H groups in total. The molecule has 1 heterocycles.